The van der Waals surface area contributed by atoms with Gasteiger partial charge in [-0.25, -0.2) is 0 Å². The molecule has 82 valence electrons. The van der Waals surface area contributed by atoms with Crippen LogP contribution >= 0.6 is 23.5 Å². The number of thioether (sulfide) groups is 2. The first-order valence-corrected chi connectivity index (χ1v) is 6.72. The lowest BCUT2D eigenvalue weighted by Crippen LogP contribution is -1.87. The van der Waals surface area contributed by atoms with Gasteiger partial charge in [0.25, 0.3) is 0 Å². The van der Waals surface area contributed by atoms with E-state index in [1.165, 1.54) is 11.8 Å². The molecule has 0 radical (unpaired) electrons. The van der Waals surface area contributed by atoms with Crippen LogP contribution in [0.5, 0.6) is 5.75 Å². The van der Waals surface area contributed by atoms with Crippen molar-refractivity contribution >= 4 is 35.4 Å². The lowest BCUT2D eigenvalue weighted by Gasteiger charge is -1.97. The SMILES string of the molecule is CSC1=CC(=O)/C(=C/c2ccc(O)cc2)S1. The van der Waals surface area contributed by atoms with Gasteiger partial charge in [0.1, 0.15) is 5.75 Å². The molecule has 0 saturated carbocycles. The van der Waals surface area contributed by atoms with Crippen molar-refractivity contribution in [3.8, 4) is 5.75 Å². The highest BCUT2D eigenvalue weighted by molar-refractivity contribution is 8.24. The van der Waals surface area contributed by atoms with E-state index in [-0.39, 0.29) is 11.5 Å². The Balaban J connectivity index is 2.21. The van der Waals surface area contributed by atoms with Gasteiger partial charge in [0.2, 0.25) is 0 Å². The number of allylic oxidation sites excluding steroid dienone is 2. The summed E-state index contributed by atoms with van der Waals surface area (Å²) in [6.07, 6.45) is 5.45. The molecule has 0 saturated heterocycles. The molecule has 0 unspecified atom stereocenters. The molecule has 0 atom stereocenters. The van der Waals surface area contributed by atoms with E-state index in [0.717, 1.165) is 14.7 Å². The van der Waals surface area contributed by atoms with Crippen molar-refractivity contribution in [1.82, 2.24) is 0 Å². The Hall–Kier alpha value is -1.13. The molecule has 2 nitrogen and oxygen atoms in total. The number of phenols is 1. The van der Waals surface area contributed by atoms with Crippen LogP contribution in [-0.4, -0.2) is 17.1 Å². The number of aromatic hydroxyl groups is 1. The fourth-order valence-corrected chi connectivity index (χ4v) is 2.85. The summed E-state index contributed by atoms with van der Waals surface area (Å²) in [5.41, 5.74) is 0.921. The third-order valence-corrected chi connectivity index (χ3v) is 4.22. The van der Waals surface area contributed by atoms with Crippen LogP contribution in [0.4, 0.5) is 0 Å². The molecule has 1 aliphatic heterocycles. The maximum atomic E-state index is 11.6. The maximum absolute atomic E-state index is 11.6. The third kappa shape index (κ3) is 2.51. The molecule has 0 amide bonds. The predicted molar refractivity (Wildman–Crippen MR) is 70.3 cm³/mol. The topological polar surface area (TPSA) is 37.3 Å². The molecule has 0 spiro atoms. The van der Waals surface area contributed by atoms with Crippen LogP contribution in [0, 0.1) is 0 Å². The maximum Gasteiger partial charge on any atom is 0.194 e. The van der Waals surface area contributed by atoms with Gasteiger partial charge < -0.3 is 5.11 Å². The van der Waals surface area contributed by atoms with E-state index in [2.05, 4.69) is 0 Å². The second-order valence-electron chi connectivity index (χ2n) is 3.23. The second kappa shape index (κ2) is 4.80. The minimum Gasteiger partial charge on any atom is -0.508 e. The third-order valence-electron chi connectivity index (χ3n) is 2.09. The average molecular weight is 250 g/mol. The van der Waals surface area contributed by atoms with Crippen LogP contribution < -0.4 is 0 Å². The van der Waals surface area contributed by atoms with Crippen molar-refractivity contribution in [2.75, 3.05) is 6.26 Å². The van der Waals surface area contributed by atoms with Crippen molar-refractivity contribution in [2.45, 2.75) is 0 Å². The number of phenolic OH excluding ortho intramolecular Hbond substituents is 1. The lowest BCUT2D eigenvalue weighted by atomic mass is 10.2. The highest BCUT2D eigenvalue weighted by Gasteiger charge is 2.18. The number of carbonyl (C=O) groups excluding carboxylic acids is 1. The van der Waals surface area contributed by atoms with Gasteiger partial charge in [-0.3, -0.25) is 4.79 Å². The first-order valence-electron chi connectivity index (χ1n) is 4.67. The predicted octanol–water partition coefficient (Wildman–Crippen LogP) is 3.25. The number of ketones is 1. The van der Waals surface area contributed by atoms with Gasteiger partial charge in [-0.1, -0.05) is 23.9 Å². The summed E-state index contributed by atoms with van der Waals surface area (Å²) in [6.45, 7) is 0. The van der Waals surface area contributed by atoms with Gasteiger partial charge in [0.05, 0.1) is 4.91 Å². The van der Waals surface area contributed by atoms with Gasteiger partial charge in [0, 0.05) is 10.3 Å². The van der Waals surface area contributed by atoms with E-state index in [4.69, 9.17) is 5.11 Å². The molecule has 16 heavy (non-hydrogen) atoms. The second-order valence-corrected chi connectivity index (χ2v) is 5.42. The largest absolute Gasteiger partial charge is 0.508 e. The van der Waals surface area contributed by atoms with Gasteiger partial charge in [0.15, 0.2) is 5.78 Å². The van der Waals surface area contributed by atoms with Gasteiger partial charge in [-0.05, 0) is 30.0 Å². The summed E-state index contributed by atoms with van der Waals surface area (Å²) in [7, 11) is 0. The first-order chi connectivity index (χ1) is 7.69. The van der Waals surface area contributed by atoms with Crippen molar-refractivity contribution < 1.29 is 9.90 Å². The van der Waals surface area contributed by atoms with Crippen molar-refractivity contribution in [2.24, 2.45) is 0 Å². The minimum atomic E-state index is 0.0578. The lowest BCUT2D eigenvalue weighted by molar-refractivity contribution is -0.110. The molecule has 0 bridgehead atoms. The zero-order valence-electron chi connectivity index (χ0n) is 8.64. The standard InChI is InChI=1S/C12H10O2S2/c1-15-12-7-10(14)11(16-12)6-8-2-4-9(13)5-3-8/h2-7,13H,1H3/b11-6-. The van der Waals surface area contributed by atoms with E-state index in [9.17, 15) is 4.79 Å². The molecule has 1 aromatic rings. The average Bonchev–Trinajstić information content (AvgIpc) is 2.63. The molecule has 0 aromatic heterocycles. The van der Waals surface area contributed by atoms with E-state index in [1.54, 1.807) is 42.1 Å². The highest BCUT2D eigenvalue weighted by atomic mass is 32.2. The number of carbonyl (C=O) groups is 1. The molecular formula is C12H10O2S2. The van der Waals surface area contributed by atoms with E-state index in [1.807, 2.05) is 12.3 Å². The fourth-order valence-electron chi connectivity index (χ4n) is 1.29. The number of rotatable bonds is 2. The van der Waals surface area contributed by atoms with Crippen molar-refractivity contribution in [3.63, 3.8) is 0 Å². The highest BCUT2D eigenvalue weighted by Crippen LogP contribution is 2.40. The molecule has 0 aliphatic carbocycles. The van der Waals surface area contributed by atoms with Gasteiger partial charge in [-0.2, -0.15) is 0 Å². The summed E-state index contributed by atoms with van der Waals surface area (Å²) >= 11 is 3.07. The molecule has 1 aliphatic rings. The Kier molecular flexibility index (Phi) is 3.41. The molecule has 1 aromatic carbocycles. The molecule has 1 heterocycles. The molecule has 4 heteroatoms. The van der Waals surface area contributed by atoms with Crippen LogP contribution in [0.1, 0.15) is 5.56 Å². The monoisotopic (exact) mass is 250 g/mol. The fraction of sp³-hybridized carbons (Fsp3) is 0.0833. The van der Waals surface area contributed by atoms with E-state index >= 15 is 0 Å². The number of hydrogen-bond donors (Lipinski definition) is 1. The Morgan fingerprint density at radius 2 is 2.00 bits per heavy atom. The Morgan fingerprint density at radius 3 is 2.56 bits per heavy atom. The Labute approximate surface area is 102 Å². The molecule has 2 rings (SSSR count). The zero-order valence-corrected chi connectivity index (χ0v) is 10.3. The van der Waals surface area contributed by atoms with Gasteiger partial charge >= 0.3 is 0 Å². The number of benzene rings is 1. The molecule has 0 fully saturated rings. The Bertz CT molecular complexity index is 472. The van der Waals surface area contributed by atoms with Crippen molar-refractivity contribution in [1.29, 1.82) is 0 Å². The Morgan fingerprint density at radius 1 is 1.31 bits per heavy atom. The summed E-state index contributed by atoms with van der Waals surface area (Å²) in [4.78, 5) is 12.3. The number of hydrogen-bond acceptors (Lipinski definition) is 4. The van der Waals surface area contributed by atoms with E-state index < -0.39 is 0 Å². The summed E-state index contributed by atoms with van der Waals surface area (Å²) in [5, 5.41) is 9.14. The summed E-state index contributed by atoms with van der Waals surface area (Å²) < 4.78 is 1.02. The molecule has 1 N–H and O–H groups in total. The summed E-state index contributed by atoms with van der Waals surface area (Å²) in [6, 6.07) is 6.79. The van der Waals surface area contributed by atoms with Crippen LogP contribution in [0.25, 0.3) is 6.08 Å². The molecular weight excluding hydrogens is 240 g/mol. The summed E-state index contributed by atoms with van der Waals surface area (Å²) in [5.74, 6) is 0.290. The van der Waals surface area contributed by atoms with Crippen LogP contribution in [0.2, 0.25) is 0 Å². The van der Waals surface area contributed by atoms with Crippen LogP contribution in [-0.2, 0) is 4.79 Å². The van der Waals surface area contributed by atoms with Crippen molar-refractivity contribution in [3.05, 3.63) is 45.0 Å². The van der Waals surface area contributed by atoms with Crippen LogP contribution in [0.15, 0.2) is 39.5 Å². The zero-order chi connectivity index (χ0) is 11.5. The van der Waals surface area contributed by atoms with Gasteiger partial charge in [-0.15, -0.1) is 11.8 Å². The van der Waals surface area contributed by atoms with Crippen LogP contribution in [0.3, 0.4) is 0 Å². The van der Waals surface area contributed by atoms with E-state index in [0.29, 0.717) is 0 Å². The quantitative estimate of drug-likeness (QED) is 0.818. The first kappa shape index (κ1) is 11.4. The smallest absolute Gasteiger partial charge is 0.194 e. The minimum absolute atomic E-state index is 0.0578. The normalized spacial score (nSPS) is 17.9.